The monoisotopic (exact) mass is 353 g/mol. The number of thioether (sulfide) groups is 1. The lowest BCUT2D eigenvalue weighted by molar-refractivity contribution is -0.117. The van der Waals surface area contributed by atoms with E-state index in [9.17, 15) is 9.59 Å². The Morgan fingerprint density at radius 3 is 3.00 bits per heavy atom. The first-order valence-corrected chi connectivity index (χ1v) is 9.55. The molecule has 0 saturated carbocycles. The summed E-state index contributed by atoms with van der Waals surface area (Å²) in [6.07, 6.45) is 3.91. The summed E-state index contributed by atoms with van der Waals surface area (Å²) in [7, 11) is 0. The molecule has 0 radical (unpaired) electrons. The maximum Gasteiger partial charge on any atom is 0.255 e. The first kappa shape index (κ1) is 16.0. The Morgan fingerprint density at radius 1 is 1.28 bits per heavy atom. The predicted octanol–water partition coefficient (Wildman–Crippen LogP) is 3.58. The van der Waals surface area contributed by atoms with Crippen LogP contribution < -0.4 is 15.5 Å². The van der Waals surface area contributed by atoms with Crippen LogP contribution in [0.1, 0.15) is 23.2 Å². The molecule has 0 aliphatic carbocycles. The van der Waals surface area contributed by atoms with Gasteiger partial charge in [0.25, 0.3) is 5.91 Å². The van der Waals surface area contributed by atoms with Gasteiger partial charge in [-0.15, -0.1) is 11.8 Å². The highest BCUT2D eigenvalue weighted by atomic mass is 32.2. The van der Waals surface area contributed by atoms with E-state index in [-0.39, 0.29) is 17.9 Å². The number of rotatable bonds is 3. The molecule has 5 nitrogen and oxygen atoms in total. The second-order valence-electron chi connectivity index (χ2n) is 6.26. The van der Waals surface area contributed by atoms with Crippen LogP contribution in [-0.2, 0) is 4.79 Å². The van der Waals surface area contributed by atoms with Gasteiger partial charge in [-0.05, 0) is 55.5 Å². The van der Waals surface area contributed by atoms with E-state index in [1.807, 2.05) is 42.7 Å². The highest BCUT2D eigenvalue weighted by molar-refractivity contribution is 7.98. The predicted molar refractivity (Wildman–Crippen MR) is 102 cm³/mol. The van der Waals surface area contributed by atoms with Gasteiger partial charge in [-0.2, -0.15) is 0 Å². The minimum absolute atomic E-state index is 0.0234. The summed E-state index contributed by atoms with van der Waals surface area (Å²) >= 11 is 1.63. The summed E-state index contributed by atoms with van der Waals surface area (Å²) in [5.41, 5.74) is 3.01. The molecular weight excluding hydrogens is 334 g/mol. The molecule has 2 amide bonds. The molecule has 2 aromatic rings. The van der Waals surface area contributed by atoms with Crippen molar-refractivity contribution in [1.82, 2.24) is 0 Å². The highest BCUT2D eigenvalue weighted by Gasteiger charge is 2.36. The minimum Gasteiger partial charge on any atom is -0.358 e. The number of hydrogen-bond donors (Lipinski definition) is 2. The second kappa shape index (κ2) is 6.44. The summed E-state index contributed by atoms with van der Waals surface area (Å²) < 4.78 is 0. The van der Waals surface area contributed by atoms with Gasteiger partial charge in [-0.25, -0.2) is 0 Å². The number of amides is 2. The molecule has 2 heterocycles. The molecule has 1 atom stereocenters. The maximum atomic E-state index is 12.6. The molecule has 128 valence electrons. The number of fused-ring (bicyclic) bond motifs is 3. The number of anilines is 3. The maximum absolute atomic E-state index is 12.6. The number of benzene rings is 2. The summed E-state index contributed by atoms with van der Waals surface area (Å²) in [4.78, 5) is 28.0. The van der Waals surface area contributed by atoms with Gasteiger partial charge in [-0.3, -0.25) is 9.59 Å². The van der Waals surface area contributed by atoms with Crippen LogP contribution in [0.5, 0.6) is 0 Å². The van der Waals surface area contributed by atoms with Gasteiger partial charge in [-0.1, -0.05) is 6.07 Å². The topological polar surface area (TPSA) is 61.4 Å². The molecule has 0 aromatic heterocycles. The van der Waals surface area contributed by atoms with Crippen LogP contribution in [0, 0.1) is 0 Å². The molecule has 0 spiro atoms. The van der Waals surface area contributed by atoms with Gasteiger partial charge in [0.05, 0.1) is 11.4 Å². The Hall–Kier alpha value is -2.47. The van der Waals surface area contributed by atoms with Crippen molar-refractivity contribution < 1.29 is 9.59 Å². The Balaban J connectivity index is 1.58. The fourth-order valence-electron chi connectivity index (χ4n) is 3.48. The molecule has 2 aliphatic rings. The molecule has 25 heavy (non-hydrogen) atoms. The molecule has 4 rings (SSSR count). The molecule has 1 saturated heterocycles. The van der Waals surface area contributed by atoms with Crippen molar-refractivity contribution in [1.29, 1.82) is 0 Å². The van der Waals surface area contributed by atoms with Crippen molar-refractivity contribution in [2.45, 2.75) is 23.8 Å². The lowest BCUT2D eigenvalue weighted by Crippen LogP contribution is -2.43. The number of hydrogen-bond acceptors (Lipinski definition) is 4. The first-order chi connectivity index (χ1) is 12.2. The van der Waals surface area contributed by atoms with Crippen LogP contribution in [0.25, 0.3) is 0 Å². The molecule has 1 fully saturated rings. The van der Waals surface area contributed by atoms with Crippen molar-refractivity contribution >= 4 is 40.6 Å². The van der Waals surface area contributed by atoms with Crippen molar-refractivity contribution in [3.05, 3.63) is 48.0 Å². The van der Waals surface area contributed by atoms with E-state index in [0.717, 1.165) is 35.7 Å². The van der Waals surface area contributed by atoms with E-state index in [0.29, 0.717) is 11.3 Å². The summed E-state index contributed by atoms with van der Waals surface area (Å²) in [5.74, 6) is -0.158. The zero-order valence-electron chi connectivity index (χ0n) is 13.9. The van der Waals surface area contributed by atoms with Crippen LogP contribution in [0.3, 0.4) is 0 Å². The summed E-state index contributed by atoms with van der Waals surface area (Å²) in [6.45, 7) is 0.887. The first-order valence-electron chi connectivity index (χ1n) is 8.32. The quantitative estimate of drug-likeness (QED) is 0.828. The molecule has 2 aromatic carbocycles. The zero-order chi connectivity index (χ0) is 17.4. The van der Waals surface area contributed by atoms with Gasteiger partial charge < -0.3 is 15.5 Å². The third kappa shape index (κ3) is 2.98. The number of carbonyl (C=O) groups is 2. The van der Waals surface area contributed by atoms with Gasteiger partial charge in [0.2, 0.25) is 5.91 Å². The van der Waals surface area contributed by atoms with Crippen LogP contribution in [0.15, 0.2) is 47.4 Å². The van der Waals surface area contributed by atoms with E-state index < -0.39 is 0 Å². The summed E-state index contributed by atoms with van der Waals surface area (Å²) in [5, 5.41) is 5.86. The molecule has 1 unspecified atom stereocenters. The van der Waals surface area contributed by atoms with Crippen LogP contribution in [0.4, 0.5) is 17.1 Å². The van der Waals surface area contributed by atoms with Gasteiger partial charge >= 0.3 is 0 Å². The Morgan fingerprint density at radius 2 is 2.16 bits per heavy atom. The number of nitrogens with one attached hydrogen (secondary N) is 2. The smallest absolute Gasteiger partial charge is 0.255 e. The van der Waals surface area contributed by atoms with Gasteiger partial charge in [0.1, 0.15) is 6.04 Å². The van der Waals surface area contributed by atoms with Crippen molar-refractivity contribution in [3.8, 4) is 0 Å². The van der Waals surface area contributed by atoms with Gasteiger partial charge in [0, 0.05) is 22.7 Å². The van der Waals surface area contributed by atoms with E-state index in [1.54, 1.807) is 17.8 Å². The fraction of sp³-hybridized carbons (Fsp3) is 0.263. The van der Waals surface area contributed by atoms with E-state index in [2.05, 4.69) is 15.5 Å². The van der Waals surface area contributed by atoms with Crippen LogP contribution >= 0.6 is 11.8 Å². The fourth-order valence-corrected chi connectivity index (χ4v) is 3.94. The molecule has 2 N–H and O–H groups in total. The lowest BCUT2D eigenvalue weighted by atomic mass is 10.1. The molecule has 0 bridgehead atoms. The van der Waals surface area contributed by atoms with E-state index in [1.165, 1.54) is 0 Å². The standard InChI is InChI=1S/C19H19N3O2S/c1-25-14-5-2-4-13(11-14)20-18(23)12-7-8-16-15(10-12)21-19(24)17-6-3-9-22(16)17/h2,4-5,7-8,10-11,17H,3,6,9H2,1H3,(H,20,23)(H,21,24). The Bertz CT molecular complexity index is 852. The van der Waals surface area contributed by atoms with Gasteiger partial charge in [0.15, 0.2) is 0 Å². The van der Waals surface area contributed by atoms with Crippen LogP contribution in [0.2, 0.25) is 0 Å². The zero-order valence-corrected chi connectivity index (χ0v) is 14.7. The average Bonchev–Trinajstić information content (AvgIpc) is 3.12. The van der Waals surface area contributed by atoms with Crippen molar-refractivity contribution in [2.75, 3.05) is 28.3 Å². The van der Waals surface area contributed by atoms with E-state index in [4.69, 9.17) is 0 Å². The molecule has 6 heteroatoms. The van der Waals surface area contributed by atoms with Crippen LogP contribution in [-0.4, -0.2) is 30.7 Å². The number of nitrogens with zero attached hydrogens (tertiary/aromatic N) is 1. The van der Waals surface area contributed by atoms with E-state index >= 15 is 0 Å². The van der Waals surface area contributed by atoms with Crippen molar-refractivity contribution in [3.63, 3.8) is 0 Å². The normalized spacial score (nSPS) is 18.4. The second-order valence-corrected chi connectivity index (χ2v) is 7.14. The molecular formula is C19H19N3O2S. The third-order valence-corrected chi connectivity index (χ3v) is 5.43. The number of carbonyl (C=O) groups excluding carboxylic acids is 2. The Labute approximate surface area is 150 Å². The molecule has 2 aliphatic heterocycles. The average molecular weight is 353 g/mol. The van der Waals surface area contributed by atoms with Crippen molar-refractivity contribution in [2.24, 2.45) is 0 Å². The largest absolute Gasteiger partial charge is 0.358 e. The Kier molecular flexibility index (Phi) is 4.13. The minimum atomic E-state index is -0.182. The highest BCUT2D eigenvalue weighted by Crippen LogP contribution is 2.37. The third-order valence-electron chi connectivity index (χ3n) is 4.71. The summed E-state index contributed by atoms with van der Waals surface area (Å²) in [6, 6.07) is 13.2. The lowest BCUT2D eigenvalue weighted by Gasteiger charge is -2.33. The SMILES string of the molecule is CSc1cccc(NC(=O)c2ccc3c(c2)NC(=O)C2CCCN32)c1.